The minimum atomic E-state index is -0.170. The molecular formula is C24H27N5O2S. The molecule has 0 aromatic carbocycles. The average molecular weight is 450 g/mol. The molecular weight excluding hydrogens is 422 g/mol. The predicted molar refractivity (Wildman–Crippen MR) is 123 cm³/mol. The van der Waals surface area contributed by atoms with Crippen LogP contribution in [0.15, 0.2) is 40.6 Å². The number of aromatic amines is 1. The summed E-state index contributed by atoms with van der Waals surface area (Å²) in [6, 6.07) is 7.57. The molecule has 1 atom stereocenters. The number of hydrogen-bond donors (Lipinski definition) is 1. The van der Waals surface area contributed by atoms with Crippen LogP contribution in [-0.4, -0.2) is 43.7 Å². The van der Waals surface area contributed by atoms with Gasteiger partial charge in [0.1, 0.15) is 5.82 Å². The van der Waals surface area contributed by atoms with Gasteiger partial charge in [0, 0.05) is 49.4 Å². The van der Waals surface area contributed by atoms with Gasteiger partial charge in [-0.15, -0.1) is 11.3 Å². The largest absolute Gasteiger partial charge is 0.332 e. The monoisotopic (exact) mass is 449 g/mol. The summed E-state index contributed by atoms with van der Waals surface area (Å²) < 4.78 is 0. The molecule has 2 aliphatic heterocycles. The Kier molecular flexibility index (Phi) is 5.89. The van der Waals surface area contributed by atoms with E-state index >= 15 is 0 Å². The Labute approximate surface area is 191 Å². The van der Waals surface area contributed by atoms with Crippen molar-refractivity contribution in [2.75, 3.05) is 13.1 Å². The molecule has 5 rings (SSSR count). The Hall–Kier alpha value is -2.84. The lowest BCUT2D eigenvalue weighted by molar-refractivity contribution is -0.131. The van der Waals surface area contributed by atoms with Crippen molar-refractivity contribution < 1.29 is 4.79 Å². The van der Waals surface area contributed by atoms with Gasteiger partial charge in [-0.1, -0.05) is 6.07 Å². The van der Waals surface area contributed by atoms with Crippen LogP contribution < -0.4 is 5.56 Å². The zero-order valence-electron chi connectivity index (χ0n) is 18.2. The summed E-state index contributed by atoms with van der Waals surface area (Å²) in [6.45, 7) is 5.18. The number of nitrogens with zero attached hydrogens (tertiary/aromatic N) is 4. The highest BCUT2D eigenvalue weighted by atomic mass is 32.1. The Morgan fingerprint density at radius 1 is 1.28 bits per heavy atom. The van der Waals surface area contributed by atoms with Gasteiger partial charge < -0.3 is 9.88 Å². The Morgan fingerprint density at radius 2 is 2.19 bits per heavy atom. The van der Waals surface area contributed by atoms with Crippen LogP contribution in [0.4, 0.5) is 0 Å². The normalized spacial score (nSPS) is 18.7. The second kappa shape index (κ2) is 8.96. The lowest BCUT2D eigenvalue weighted by atomic mass is 10.1. The van der Waals surface area contributed by atoms with Crippen molar-refractivity contribution in [3.8, 4) is 0 Å². The first kappa shape index (κ1) is 21.0. The van der Waals surface area contributed by atoms with Crippen LogP contribution in [0.1, 0.15) is 52.1 Å². The highest BCUT2D eigenvalue weighted by Gasteiger charge is 2.33. The number of aryl methyl sites for hydroxylation is 1. The first-order chi connectivity index (χ1) is 15.6. The van der Waals surface area contributed by atoms with Gasteiger partial charge in [0.05, 0.1) is 23.7 Å². The minimum Gasteiger partial charge on any atom is -0.332 e. The van der Waals surface area contributed by atoms with Crippen LogP contribution in [0, 0.1) is 6.92 Å². The zero-order chi connectivity index (χ0) is 22.1. The molecule has 8 heteroatoms. The molecule has 3 aromatic heterocycles. The Balaban J connectivity index is 1.33. The zero-order valence-corrected chi connectivity index (χ0v) is 19.0. The number of pyridine rings is 1. The number of carbonyl (C=O) groups is 1. The molecule has 1 saturated heterocycles. The number of rotatable bonds is 5. The van der Waals surface area contributed by atoms with Gasteiger partial charge in [-0.05, 0) is 48.9 Å². The third kappa shape index (κ3) is 4.25. The fraction of sp³-hybridized carbons (Fsp3) is 0.417. The molecule has 1 N–H and O–H groups in total. The lowest BCUT2D eigenvalue weighted by Gasteiger charge is -2.29. The standard InChI is InChI=1S/C24H27N5O2S/c1-16-8-12-32-21(16)15-28-11-7-19-18(14-28)24(31)27-23(26-19)20-6-4-10-29(20)22(30)13-17-5-2-3-9-25-17/h2-3,5,8-9,12,20H,4,6-7,10-11,13-15H2,1H3,(H,26,27,31). The molecule has 2 aliphatic rings. The number of hydrogen-bond acceptors (Lipinski definition) is 6. The van der Waals surface area contributed by atoms with Crippen molar-refractivity contribution in [3.63, 3.8) is 0 Å². The number of fused-ring (bicyclic) bond motifs is 1. The van der Waals surface area contributed by atoms with E-state index in [4.69, 9.17) is 4.98 Å². The first-order valence-electron chi connectivity index (χ1n) is 11.1. The molecule has 32 heavy (non-hydrogen) atoms. The molecule has 7 nitrogen and oxygen atoms in total. The number of carbonyl (C=O) groups excluding carboxylic acids is 1. The maximum Gasteiger partial charge on any atom is 0.255 e. The van der Waals surface area contributed by atoms with E-state index in [2.05, 4.69) is 33.2 Å². The minimum absolute atomic E-state index is 0.0315. The second-order valence-corrected chi connectivity index (χ2v) is 9.61. The number of amides is 1. The molecule has 0 radical (unpaired) electrons. The third-order valence-corrected chi connectivity index (χ3v) is 7.46. The average Bonchev–Trinajstić information content (AvgIpc) is 3.44. The molecule has 3 aromatic rings. The van der Waals surface area contributed by atoms with Crippen LogP contribution in [0.5, 0.6) is 0 Å². The van der Waals surface area contributed by atoms with Crippen LogP contribution >= 0.6 is 11.3 Å². The highest BCUT2D eigenvalue weighted by molar-refractivity contribution is 7.10. The molecule has 1 unspecified atom stereocenters. The number of nitrogens with one attached hydrogen (secondary N) is 1. The quantitative estimate of drug-likeness (QED) is 0.648. The molecule has 1 fully saturated rings. The van der Waals surface area contributed by atoms with E-state index in [1.54, 1.807) is 17.5 Å². The van der Waals surface area contributed by atoms with E-state index in [1.807, 2.05) is 23.1 Å². The van der Waals surface area contributed by atoms with Crippen LogP contribution in [0.3, 0.4) is 0 Å². The maximum atomic E-state index is 13.0. The molecule has 1 amide bonds. The number of thiophene rings is 1. The van der Waals surface area contributed by atoms with Crippen molar-refractivity contribution in [3.05, 3.63) is 79.4 Å². The fourth-order valence-corrected chi connectivity index (χ4v) is 5.62. The van der Waals surface area contributed by atoms with Gasteiger partial charge in [0.25, 0.3) is 5.56 Å². The molecule has 0 saturated carbocycles. The van der Waals surface area contributed by atoms with Crippen molar-refractivity contribution >= 4 is 17.2 Å². The summed E-state index contributed by atoms with van der Waals surface area (Å²) in [5.41, 5.74) is 3.64. The summed E-state index contributed by atoms with van der Waals surface area (Å²) >= 11 is 1.77. The van der Waals surface area contributed by atoms with Crippen molar-refractivity contribution in [2.45, 2.75) is 51.7 Å². The van der Waals surface area contributed by atoms with Gasteiger partial charge in [-0.25, -0.2) is 4.98 Å². The van der Waals surface area contributed by atoms with Gasteiger partial charge in [-0.2, -0.15) is 0 Å². The third-order valence-electron chi connectivity index (χ3n) is 6.45. The van der Waals surface area contributed by atoms with Crippen molar-refractivity contribution in [1.29, 1.82) is 0 Å². The number of likely N-dealkylation sites (tertiary alicyclic amines) is 1. The summed E-state index contributed by atoms with van der Waals surface area (Å²) in [6.07, 6.45) is 4.46. The van der Waals surface area contributed by atoms with Gasteiger partial charge >= 0.3 is 0 Å². The van der Waals surface area contributed by atoms with E-state index in [0.717, 1.165) is 49.3 Å². The predicted octanol–water partition coefficient (Wildman–Crippen LogP) is 3.00. The Morgan fingerprint density at radius 3 is 2.97 bits per heavy atom. The van der Waals surface area contributed by atoms with E-state index in [1.165, 1.54) is 10.4 Å². The highest BCUT2D eigenvalue weighted by Crippen LogP contribution is 2.31. The summed E-state index contributed by atoms with van der Waals surface area (Å²) in [5.74, 6) is 0.659. The van der Waals surface area contributed by atoms with E-state index in [0.29, 0.717) is 18.9 Å². The van der Waals surface area contributed by atoms with Gasteiger partial charge in [0.2, 0.25) is 5.91 Å². The second-order valence-electron chi connectivity index (χ2n) is 8.61. The lowest BCUT2D eigenvalue weighted by Crippen LogP contribution is -2.38. The van der Waals surface area contributed by atoms with Crippen molar-refractivity contribution in [1.82, 2.24) is 24.8 Å². The van der Waals surface area contributed by atoms with Crippen LogP contribution in [0.25, 0.3) is 0 Å². The van der Waals surface area contributed by atoms with Gasteiger partial charge in [-0.3, -0.25) is 19.5 Å². The summed E-state index contributed by atoms with van der Waals surface area (Å²) in [5, 5.41) is 2.12. The molecule has 0 aliphatic carbocycles. The van der Waals surface area contributed by atoms with E-state index in [9.17, 15) is 9.59 Å². The fourth-order valence-electron chi connectivity index (χ4n) is 4.67. The smallest absolute Gasteiger partial charge is 0.255 e. The summed E-state index contributed by atoms with van der Waals surface area (Å²) in [4.78, 5) is 43.6. The van der Waals surface area contributed by atoms with Crippen LogP contribution in [0.2, 0.25) is 0 Å². The van der Waals surface area contributed by atoms with E-state index in [-0.39, 0.29) is 23.9 Å². The first-order valence-corrected chi connectivity index (χ1v) is 12.0. The topological polar surface area (TPSA) is 82.2 Å². The summed E-state index contributed by atoms with van der Waals surface area (Å²) in [7, 11) is 0. The van der Waals surface area contributed by atoms with Crippen molar-refractivity contribution in [2.24, 2.45) is 0 Å². The van der Waals surface area contributed by atoms with Gasteiger partial charge in [0.15, 0.2) is 0 Å². The van der Waals surface area contributed by atoms with E-state index < -0.39 is 0 Å². The maximum absolute atomic E-state index is 13.0. The Bertz CT molecular complexity index is 1170. The van der Waals surface area contributed by atoms with Crippen LogP contribution in [-0.2, 0) is 30.7 Å². The number of aromatic nitrogens is 3. The molecule has 0 spiro atoms. The SMILES string of the molecule is Cc1ccsc1CN1CCc2nc(C3CCCN3C(=O)Cc3ccccn3)[nH]c(=O)c2C1. The molecule has 166 valence electrons. The molecule has 5 heterocycles. The number of H-pyrrole nitrogens is 1. The molecule has 0 bridgehead atoms.